The van der Waals surface area contributed by atoms with Crippen LogP contribution in [0.2, 0.25) is 0 Å². The van der Waals surface area contributed by atoms with E-state index in [1.54, 1.807) is 6.07 Å². The second kappa shape index (κ2) is 11.3. The van der Waals surface area contributed by atoms with Gasteiger partial charge in [0.2, 0.25) is 0 Å². The highest BCUT2D eigenvalue weighted by atomic mass is 16.5. The predicted octanol–water partition coefficient (Wildman–Crippen LogP) is 6.02. The Morgan fingerprint density at radius 3 is 2.29 bits per heavy atom. The molecule has 0 fully saturated rings. The zero-order valence-electron chi connectivity index (χ0n) is 15.2. The Morgan fingerprint density at radius 2 is 1.67 bits per heavy atom. The van der Waals surface area contributed by atoms with Gasteiger partial charge in [0.15, 0.2) is 0 Å². The summed E-state index contributed by atoms with van der Waals surface area (Å²) in [6.45, 7) is 8.56. The number of para-hydroxylation sites is 1. The predicted molar refractivity (Wildman–Crippen MR) is 98.9 cm³/mol. The second-order valence-corrected chi connectivity index (χ2v) is 5.08. The molecule has 2 aromatic carbocycles. The molecule has 0 radical (unpaired) electrons. The fourth-order valence-corrected chi connectivity index (χ4v) is 2.14. The molecule has 2 rings (SSSR count). The number of rotatable bonds is 7. The van der Waals surface area contributed by atoms with Gasteiger partial charge < -0.3 is 9.47 Å². The first-order valence-corrected chi connectivity index (χ1v) is 8.77. The lowest BCUT2D eigenvalue weighted by Gasteiger charge is -2.11. The SMILES string of the molecule is CC.CCCCOC(=O)c1ccc(Oc2ccccc2)cc1CC. The minimum absolute atomic E-state index is 0.253. The molecule has 3 heteroatoms. The highest BCUT2D eigenvalue weighted by Crippen LogP contribution is 2.24. The van der Waals surface area contributed by atoms with E-state index < -0.39 is 0 Å². The lowest BCUT2D eigenvalue weighted by molar-refractivity contribution is 0.0498. The van der Waals surface area contributed by atoms with E-state index in [1.165, 1.54) is 0 Å². The van der Waals surface area contributed by atoms with Gasteiger partial charge in [-0.3, -0.25) is 0 Å². The standard InChI is InChI=1S/C19H22O3.C2H6/c1-3-5-13-21-19(20)18-12-11-17(14-15(18)4-2)22-16-9-7-6-8-10-16;1-2/h6-12,14H,3-5,13H2,1-2H3;1-2H3. The van der Waals surface area contributed by atoms with Crippen LogP contribution in [0.25, 0.3) is 0 Å². The second-order valence-electron chi connectivity index (χ2n) is 5.08. The fraction of sp³-hybridized carbons (Fsp3) is 0.381. The third-order valence-corrected chi connectivity index (χ3v) is 3.39. The summed E-state index contributed by atoms with van der Waals surface area (Å²) in [4.78, 5) is 12.1. The molecule has 0 saturated heterocycles. The van der Waals surface area contributed by atoms with Crippen molar-refractivity contribution in [2.24, 2.45) is 0 Å². The quantitative estimate of drug-likeness (QED) is 0.460. The van der Waals surface area contributed by atoms with Gasteiger partial charge in [0, 0.05) is 0 Å². The largest absolute Gasteiger partial charge is 0.462 e. The Balaban J connectivity index is 0.00000139. The van der Waals surface area contributed by atoms with Gasteiger partial charge in [0.25, 0.3) is 0 Å². The molecule has 0 heterocycles. The van der Waals surface area contributed by atoms with Gasteiger partial charge >= 0.3 is 5.97 Å². The van der Waals surface area contributed by atoms with Crippen LogP contribution in [-0.4, -0.2) is 12.6 Å². The Labute approximate surface area is 145 Å². The van der Waals surface area contributed by atoms with Crippen LogP contribution in [0.15, 0.2) is 48.5 Å². The summed E-state index contributed by atoms with van der Waals surface area (Å²) in [5, 5.41) is 0. The molecule has 0 spiro atoms. The van der Waals surface area contributed by atoms with Gasteiger partial charge in [-0.25, -0.2) is 4.79 Å². The number of hydrogen-bond donors (Lipinski definition) is 0. The van der Waals surface area contributed by atoms with Crippen molar-refractivity contribution in [3.8, 4) is 11.5 Å². The molecule has 0 aliphatic heterocycles. The topological polar surface area (TPSA) is 35.5 Å². The first-order chi connectivity index (χ1) is 11.7. The van der Waals surface area contributed by atoms with Gasteiger partial charge in [0.05, 0.1) is 12.2 Å². The van der Waals surface area contributed by atoms with Crippen molar-refractivity contribution in [3.05, 3.63) is 59.7 Å². The molecular formula is C21H28O3. The molecule has 0 aliphatic rings. The summed E-state index contributed by atoms with van der Waals surface area (Å²) in [5.74, 6) is 1.26. The van der Waals surface area contributed by atoms with Crippen molar-refractivity contribution < 1.29 is 14.3 Å². The molecule has 0 saturated carbocycles. The molecule has 0 aliphatic carbocycles. The Bertz CT molecular complexity index is 606. The molecular weight excluding hydrogens is 300 g/mol. The van der Waals surface area contributed by atoms with E-state index in [0.29, 0.717) is 12.2 Å². The van der Waals surface area contributed by atoms with Crippen molar-refractivity contribution in [1.82, 2.24) is 0 Å². The normalized spacial score (nSPS) is 9.67. The summed E-state index contributed by atoms with van der Waals surface area (Å²) < 4.78 is 11.1. The summed E-state index contributed by atoms with van der Waals surface area (Å²) >= 11 is 0. The van der Waals surface area contributed by atoms with Crippen LogP contribution in [0.3, 0.4) is 0 Å². The summed E-state index contributed by atoms with van der Waals surface area (Å²) in [5.41, 5.74) is 1.56. The minimum Gasteiger partial charge on any atom is -0.462 e. The Morgan fingerprint density at radius 1 is 0.958 bits per heavy atom. The van der Waals surface area contributed by atoms with E-state index in [2.05, 4.69) is 6.92 Å². The molecule has 130 valence electrons. The monoisotopic (exact) mass is 328 g/mol. The van der Waals surface area contributed by atoms with Gasteiger partial charge in [-0.1, -0.05) is 52.3 Å². The molecule has 3 nitrogen and oxygen atoms in total. The molecule has 0 aromatic heterocycles. The minimum atomic E-state index is -0.253. The van der Waals surface area contributed by atoms with E-state index in [4.69, 9.17) is 9.47 Å². The van der Waals surface area contributed by atoms with Crippen molar-refractivity contribution in [2.75, 3.05) is 6.61 Å². The molecule has 0 N–H and O–H groups in total. The van der Waals surface area contributed by atoms with E-state index in [1.807, 2.05) is 63.2 Å². The van der Waals surface area contributed by atoms with Crippen LogP contribution < -0.4 is 4.74 Å². The molecule has 24 heavy (non-hydrogen) atoms. The van der Waals surface area contributed by atoms with Gasteiger partial charge in [0.1, 0.15) is 11.5 Å². The van der Waals surface area contributed by atoms with Gasteiger partial charge in [-0.05, 0) is 48.7 Å². The van der Waals surface area contributed by atoms with Gasteiger partial charge in [-0.2, -0.15) is 0 Å². The van der Waals surface area contributed by atoms with E-state index in [-0.39, 0.29) is 5.97 Å². The van der Waals surface area contributed by atoms with Crippen LogP contribution in [-0.2, 0) is 11.2 Å². The lowest BCUT2D eigenvalue weighted by Crippen LogP contribution is -2.09. The Hall–Kier alpha value is -2.29. The number of ether oxygens (including phenoxy) is 2. The maximum absolute atomic E-state index is 12.1. The van der Waals surface area contributed by atoms with Gasteiger partial charge in [-0.15, -0.1) is 0 Å². The number of esters is 1. The molecule has 0 atom stereocenters. The summed E-state index contributed by atoms with van der Waals surface area (Å²) in [6.07, 6.45) is 2.66. The average molecular weight is 328 g/mol. The van der Waals surface area contributed by atoms with Crippen LogP contribution in [0.4, 0.5) is 0 Å². The first-order valence-electron chi connectivity index (χ1n) is 8.77. The van der Waals surface area contributed by atoms with E-state index in [0.717, 1.165) is 36.3 Å². The van der Waals surface area contributed by atoms with Crippen molar-refractivity contribution in [2.45, 2.75) is 47.0 Å². The third kappa shape index (κ3) is 6.07. The number of aryl methyl sites for hydroxylation is 1. The van der Waals surface area contributed by atoms with Crippen molar-refractivity contribution in [3.63, 3.8) is 0 Å². The molecule has 0 unspecified atom stereocenters. The highest BCUT2D eigenvalue weighted by molar-refractivity contribution is 5.91. The number of benzene rings is 2. The van der Waals surface area contributed by atoms with Crippen LogP contribution in [0, 0.1) is 0 Å². The van der Waals surface area contributed by atoms with Crippen molar-refractivity contribution in [1.29, 1.82) is 0 Å². The number of unbranched alkanes of at least 4 members (excludes halogenated alkanes) is 1. The first kappa shape index (κ1) is 19.8. The van der Waals surface area contributed by atoms with E-state index in [9.17, 15) is 4.79 Å². The average Bonchev–Trinajstić information content (AvgIpc) is 2.64. The number of hydrogen-bond acceptors (Lipinski definition) is 3. The van der Waals surface area contributed by atoms with Crippen LogP contribution in [0.1, 0.15) is 56.5 Å². The van der Waals surface area contributed by atoms with E-state index >= 15 is 0 Å². The summed E-state index contributed by atoms with van der Waals surface area (Å²) in [6, 6.07) is 15.1. The zero-order chi connectivity index (χ0) is 17.8. The highest BCUT2D eigenvalue weighted by Gasteiger charge is 2.13. The smallest absolute Gasteiger partial charge is 0.338 e. The fourth-order valence-electron chi connectivity index (χ4n) is 2.14. The lowest BCUT2D eigenvalue weighted by atomic mass is 10.0. The van der Waals surface area contributed by atoms with Crippen molar-refractivity contribution >= 4 is 5.97 Å². The van der Waals surface area contributed by atoms with Crippen LogP contribution in [0.5, 0.6) is 11.5 Å². The zero-order valence-corrected chi connectivity index (χ0v) is 15.2. The maximum atomic E-state index is 12.1. The third-order valence-electron chi connectivity index (χ3n) is 3.39. The maximum Gasteiger partial charge on any atom is 0.338 e. The molecule has 0 bridgehead atoms. The number of carbonyl (C=O) groups is 1. The molecule has 0 amide bonds. The summed E-state index contributed by atoms with van der Waals surface area (Å²) in [7, 11) is 0. The number of carbonyl (C=O) groups excluding carboxylic acids is 1. The van der Waals surface area contributed by atoms with Crippen LogP contribution >= 0.6 is 0 Å². The molecule has 2 aromatic rings. The Kier molecular flexibility index (Phi) is 9.28.